The number of rotatable bonds is 6. The van der Waals surface area contributed by atoms with E-state index in [0.29, 0.717) is 6.54 Å². The van der Waals surface area contributed by atoms with E-state index in [2.05, 4.69) is 33.4 Å². The number of aryl methyl sites for hydroxylation is 1. The maximum Gasteiger partial charge on any atom is 0.244 e. The predicted octanol–water partition coefficient (Wildman–Crippen LogP) is 6.11. The third kappa shape index (κ3) is 3.99. The van der Waals surface area contributed by atoms with Gasteiger partial charge in [0.15, 0.2) is 0 Å². The molecule has 0 aliphatic rings. The van der Waals surface area contributed by atoms with Gasteiger partial charge in [0.25, 0.3) is 0 Å². The molecule has 3 aromatic rings. The first-order chi connectivity index (χ1) is 13.5. The van der Waals surface area contributed by atoms with Gasteiger partial charge in [-0.15, -0.1) is 0 Å². The van der Waals surface area contributed by atoms with Gasteiger partial charge in [-0.1, -0.05) is 35.0 Å². The molecule has 1 amide bonds. The quantitative estimate of drug-likeness (QED) is 0.469. The topological polar surface area (TPSA) is 51.5 Å². The highest BCUT2D eigenvalue weighted by Gasteiger charge is 2.18. The number of allylic oxidation sites excluding steroid dienone is 1. The number of furan rings is 1. The van der Waals surface area contributed by atoms with Crippen molar-refractivity contribution in [1.82, 2.24) is 5.32 Å². The highest BCUT2D eigenvalue weighted by Crippen LogP contribution is 2.40. The molecule has 0 radical (unpaired) electrons. The summed E-state index contributed by atoms with van der Waals surface area (Å²) in [7, 11) is 1.64. The third-order valence-corrected chi connectivity index (χ3v) is 5.25. The summed E-state index contributed by atoms with van der Waals surface area (Å²) in [6, 6.07) is 10.2. The molecular formula is C23H24BrNO3. The predicted molar refractivity (Wildman–Crippen MR) is 118 cm³/mol. The van der Waals surface area contributed by atoms with Crippen molar-refractivity contribution in [3.8, 4) is 16.9 Å². The summed E-state index contributed by atoms with van der Waals surface area (Å²) in [6.07, 6.45) is 4.30. The second kappa shape index (κ2) is 8.65. The summed E-state index contributed by atoms with van der Waals surface area (Å²) in [5, 5.41) is 3.88. The largest absolute Gasteiger partial charge is 0.496 e. The molecular weight excluding hydrogens is 418 g/mol. The number of ether oxygens (including phenoxy) is 1. The molecule has 1 aromatic heterocycles. The van der Waals surface area contributed by atoms with Crippen molar-refractivity contribution in [1.29, 1.82) is 0 Å². The average Bonchev–Trinajstić information content (AvgIpc) is 3.11. The molecule has 4 nitrogen and oxygen atoms in total. The Labute approximate surface area is 173 Å². The summed E-state index contributed by atoms with van der Waals surface area (Å²) in [6.45, 7) is 6.59. The number of benzene rings is 2. The minimum absolute atomic E-state index is 0.0977. The lowest BCUT2D eigenvalue weighted by molar-refractivity contribution is -0.116. The SMILES string of the molecule is CCCNC(=O)/C=C(\C)c1cc2c(-c3ccc(Br)cc3)coc2c(C)c1OC. The van der Waals surface area contributed by atoms with Crippen LogP contribution < -0.4 is 10.1 Å². The van der Waals surface area contributed by atoms with Gasteiger partial charge in [0, 0.05) is 39.2 Å². The van der Waals surface area contributed by atoms with E-state index < -0.39 is 0 Å². The zero-order valence-corrected chi connectivity index (χ0v) is 18.1. The molecule has 0 aliphatic carbocycles. The first-order valence-electron chi connectivity index (χ1n) is 9.27. The van der Waals surface area contributed by atoms with Gasteiger partial charge in [-0.05, 0) is 49.6 Å². The number of methoxy groups -OCH3 is 1. The first-order valence-corrected chi connectivity index (χ1v) is 10.1. The Morgan fingerprint density at radius 2 is 2.00 bits per heavy atom. The second-order valence-corrected chi connectivity index (χ2v) is 7.65. The van der Waals surface area contributed by atoms with E-state index >= 15 is 0 Å². The Morgan fingerprint density at radius 1 is 1.29 bits per heavy atom. The van der Waals surface area contributed by atoms with E-state index in [1.165, 1.54) is 0 Å². The van der Waals surface area contributed by atoms with Gasteiger partial charge in [0.2, 0.25) is 5.91 Å². The maximum atomic E-state index is 12.2. The molecule has 1 N–H and O–H groups in total. The van der Waals surface area contributed by atoms with Gasteiger partial charge in [-0.3, -0.25) is 4.79 Å². The molecule has 0 fully saturated rings. The van der Waals surface area contributed by atoms with Gasteiger partial charge in [-0.25, -0.2) is 0 Å². The van der Waals surface area contributed by atoms with Crippen LogP contribution in [-0.2, 0) is 4.79 Å². The molecule has 1 heterocycles. The van der Waals surface area contributed by atoms with Crippen LogP contribution in [0.3, 0.4) is 0 Å². The summed E-state index contributed by atoms with van der Waals surface area (Å²) >= 11 is 3.48. The number of amides is 1. The third-order valence-electron chi connectivity index (χ3n) is 4.72. The van der Waals surface area contributed by atoms with Gasteiger partial charge in [0.1, 0.15) is 11.3 Å². The Hall–Kier alpha value is -2.53. The van der Waals surface area contributed by atoms with E-state index in [9.17, 15) is 4.79 Å². The number of nitrogens with one attached hydrogen (secondary N) is 1. The van der Waals surface area contributed by atoms with Crippen molar-refractivity contribution in [2.24, 2.45) is 0 Å². The van der Waals surface area contributed by atoms with Gasteiger partial charge < -0.3 is 14.5 Å². The van der Waals surface area contributed by atoms with Crippen LogP contribution in [0.2, 0.25) is 0 Å². The molecule has 0 atom stereocenters. The molecule has 2 aromatic carbocycles. The lowest BCUT2D eigenvalue weighted by Gasteiger charge is -2.13. The fourth-order valence-corrected chi connectivity index (χ4v) is 3.56. The standard InChI is InChI=1S/C23H24BrNO3/c1-5-10-25-21(26)11-14(2)18-12-19-20(16-6-8-17(24)9-7-16)13-28-23(19)15(3)22(18)27-4/h6-9,11-13H,5,10H2,1-4H3,(H,25,26)/b14-11+. The van der Waals surface area contributed by atoms with Crippen LogP contribution in [0.5, 0.6) is 5.75 Å². The van der Waals surface area contributed by atoms with Crippen molar-refractivity contribution < 1.29 is 13.9 Å². The minimum Gasteiger partial charge on any atom is -0.496 e. The number of carbonyl (C=O) groups is 1. The first kappa shape index (κ1) is 20.2. The average molecular weight is 442 g/mol. The van der Waals surface area contributed by atoms with Crippen LogP contribution in [-0.4, -0.2) is 19.6 Å². The summed E-state index contributed by atoms with van der Waals surface area (Å²) in [5.74, 6) is 0.626. The highest BCUT2D eigenvalue weighted by atomic mass is 79.9. The van der Waals surface area contributed by atoms with Gasteiger partial charge in [0.05, 0.1) is 13.4 Å². The molecule has 0 spiro atoms. The van der Waals surface area contributed by atoms with Gasteiger partial charge >= 0.3 is 0 Å². The van der Waals surface area contributed by atoms with Crippen molar-refractivity contribution in [2.45, 2.75) is 27.2 Å². The minimum atomic E-state index is -0.0977. The summed E-state index contributed by atoms with van der Waals surface area (Å²) in [4.78, 5) is 12.2. The maximum absolute atomic E-state index is 12.2. The fraction of sp³-hybridized carbons (Fsp3) is 0.261. The molecule has 0 bridgehead atoms. The van der Waals surface area contributed by atoms with E-state index in [4.69, 9.17) is 9.15 Å². The lowest BCUT2D eigenvalue weighted by Crippen LogP contribution is -2.21. The number of halogens is 1. The Bertz CT molecular complexity index is 1030. The molecule has 3 rings (SSSR count). The highest BCUT2D eigenvalue weighted by molar-refractivity contribution is 9.10. The fourth-order valence-electron chi connectivity index (χ4n) is 3.30. The zero-order chi connectivity index (χ0) is 20.3. The number of carbonyl (C=O) groups excluding carboxylic acids is 1. The van der Waals surface area contributed by atoms with Crippen LogP contribution in [0.25, 0.3) is 27.7 Å². The van der Waals surface area contributed by atoms with E-state index in [1.807, 2.05) is 39.0 Å². The second-order valence-electron chi connectivity index (χ2n) is 6.73. The van der Waals surface area contributed by atoms with Crippen LogP contribution in [0.4, 0.5) is 0 Å². The molecule has 146 valence electrons. The van der Waals surface area contributed by atoms with E-state index in [0.717, 1.165) is 55.4 Å². The Balaban J connectivity index is 2.14. The number of fused-ring (bicyclic) bond motifs is 1. The molecule has 0 saturated heterocycles. The molecule has 0 aliphatic heterocycles. The molecule has 0 unspecified atom stereocenters. The molecule has 28 heavy (non-hydrogen) atoms. The summed E-state index contributed by atoms with van der Waals surface area (Å²) < 4.78 is 12.6. The van der Waals surface area contributed by atoms with Crippen molar-refractivity contribution in [3.63, 3.8) is 0 Å². The van der Waals surface area contributed by atoms with Crippen LogP contribution in [0.15, 0.2) is 51.6 Å². The Kier molecular flexibility index (Phi) is 6.25. The monoisotopic (exact) mass is 441 g/mol. The number of hydrogen-bond donors (Lipinski definition) is 1. The number of hydrogen-bond acceptors (Lipinski definition) is 3. The van der Waals surface area contributed by atoms with Crippen LogP contribution >= 0.6 is 15.9 Å². The molecule has 0 saturated carbocycles. The molecule has 5 heteroatoms. The summed E-state index contributed by atoms with van der Waals surface area (Å²) in [5.41, 5.74) is 5.52. The van der Waals surface area contributed by atoms with Crippen molar-refractivity contribution in [2.75, 3.05) is 13.7 Å². The van der Waals surface area contributed by atoms with Gasteiger partial charge in [-0.2, -0.15) is 0 Å². The van der Waals surface area contributed by atoms with Crippen molar-refractivity contribution in [3.05, 3.63) is 58.3 Å². The van der Waals surface area contributed by atoms with E-state index in [-0.39, 0.29) is 5.91 Å². The van der Waals surface area contributed by atoms with Crippen LogP contribution in [0.1, 0.15) is 31.4 Å². The lowest BCUT2D eigenvalue weighted by atomic mass is 9.96. The van der Waals surface area contributed by atoms with E-state index in [1.54, 1.807) is 19.4 Å². The zero-order valence-electron chi connectivity index (χ0n) is 16.6. The smallest absolute Gasteiger partial charge is 0.244 e. The van der Waals surface area contributed by atoms with Crippen molar-refractivity contribution >= 4 is 38.4 Å². The normalized spacial score (nSPS) is 11.7. The Morgan fingerprint density at radius 3 is 2.64 bits per heavy atom. The van der Waals surface area contributed by atoms with Crippen LogP contribution in [0, 0.1) is 6.92 Å².